The number of hydrogen-bond acceptors (Lipinski definition) is 4. The van der Waals surface area contributed by atoms with Crippen LogP contribution in [0.25, 0.3) is 0 Å². The highest BCUT2D eigenvalue weighted by Gasteiger charge is 2.39. The molecule has 1 atom stereocenters. The van der Waals surface area contributed by atoms with Gasteiger partial charge in [0.25, 0.3) is 0 Å². The Labute approximate surface area is 193 Å². The van der Waals surface area contributed by atoms with Crippen molar-refractivity contribution in [3.63, 3.8) is 0 Å². The minimum absolute atomic E-state index is 0.0183. The Balaban J connectivity index is 2.25. The summed E-state index contributed by atoms with van der Waals surface area (Å²) in [6.45, 7) is 7.70. The second kappa shape index (κ2) is 19.1. The summed E-state index contributed by atoms with van der Waals surface area (Å²) in [6.07, 6.45) is 22.7. The summed E-state index contributed by atoms with van der Waals surface area (Å²) in [7, 11) is 0. The maximum atomic E-state index is 11.5. The monoisotopic (exact) mass is 440 g/mol. The molecule has 4 nitrogen and oxygen atoms in total. The third-order valence-corrected chi connectivity index (χ3v) is 6.50. The van der Waals surface area contributed by atoms with Crippen molar-refractivity contribution in [2.24, 2.45) is 0 Å². The van der Waals surface area contributed by atoms with Crippen LogP contribution in [0.3, 0.4) is 0 Å². The summed E-state index contributed by atoms with van der Waals surface area (Å²) < 4.78 is 17.8. The Morgan fingerprint density at radius 3 is 1.61 bits per heavy atom. The normalized spacial score (nSPS) is 17.2. The summed E-state index contributed by atoms with van der Waals surface area (Å²) in [4.78, 5) is 11.5. The molecule has 1 saturated heterocycles. The van der Waals surface area contributed by atoms with Crippen LogP contribution in [0.15, 0.2) is 0 Å². The zero-order valence-electron chi connectivity index (χ0n) is 21.1. The van der Waals surface area contributed by atoms with Crippen LogP contribution >= 0.6 is 0 Å². The fraction of sp³-hybridized carbons (Fsp3) is 0.963. The highest BCUT2D eigenvalue weighted by atomic mass is 16.7. The van der Waals surface area contributed by atoms with Gasteiger partial charge in [0.15, 0.2) is 12.1 Å². The summed E-state index contributed by atoms with van der Waals surface area (Å²) >= 11 is 0. The second-order valence-electron chi connectivity index (χ2n) is 9.71. The summed E-state index contributed by atoms with van der Waals surface area (Å²) in [5.74, 6) is 0.0183. The molecule has 0 aliphatic carbocycles. The van der Waals surface area contributed by atoms with Gasteiger partial charge < -0.3 is 14.2 Å². The predicted octanol–water partition coefficient (Wildman–Crippen LogP) is 7.77. The fourth-order valence-corrected chi connectivity index (χ4v) is 4.37. The highest BCUT2D eigenvalue weighted by molar-refractivity contribution is 5.81. The van der Waals surface area contributed by atoms with E-state index < -0.39 is 11.9 Å². The van der Waals surface area contributed by atoms with Crippen LogP contribution in [-0.2, 0) is 19.0 Å². The first-order valence-electron chi connectivity index (χ1n) is 13.5. The third kappa shape index (κ3) is 14.3. The predicted molar refractivity (Wildman–Crippen MR) is 130 cm³/mol. The van der Waals surface area contributed by atoms with E-state index in [1.807, 2.05) is 0 Å². The van der Waals surface area contributed by atoms with Gasteiger partial charge in [0.2, 0.25) is 0 Å². The van der Waals surface area contributed by atoms with Gasteiger partial charge in [-0.05, 0) is 19.8 Å². The first-order valence-corrected chi connectivity index (χ1v) is 13.5. The number of carbonyl (C=O) groups excluding carboxylic acids is 1. The zero-order valence-corrected chi connectivity index (χ0v) is 21.1. The number of carbonyl (C=O) groups is 1. The largest absolute Gasteiger partial charge is 0.370 e. The number of unbranched alkanes of at least 4 members (excludes halogenated alkanes) is 15. The topological polar surface area (TPSA) is 44.8 Å². The van der Waals surface area contributed by atoms with Crippen LogP contribution in [0.2, 0.25) is 0 Å². The fourth-order valence-electron chi connectivity index (χ4n) is 4.37. The van der Waals surface area contributed by atoms with Gasteiger partial charge in [-0.2, -0.15) is 0 Å². The molecule has 1 heterocycles. The molecular weight excluding hydrogens is 388 g/mol. The van der Waals surface area contributed by atoms with Crippen molar-refractivity contribution in [2.45, 2.75) is 148 Å². The minimum atomic E-state index is -0.455. The van der Waals surface area contributed by atoms with E-state index in [1.54, 1.807) is 0 Å². The number of ketones is 1. The van der Waals surface area contributed by atoms with E-state index in [2.05, 4.69) is 20.8 Å². The van der Waals surface area contributed by atoms with Crippen molar-refractivity contribution in [1.29, 1.82) is 0 Å². The number of Topliss-reactive ketones (excluding diaryl/α,β-unsaturated/α-hetero) is 1. The third-order valence-electron chi connectivity index (χ3n) is 6.50. The molecule has 0 aromatic carbocycles. The van der Waals surface area contributed by atoms with E-state index >= 15 is 0 Å². The lowest BCUT2D eigenvalue weighted by Gasteiger charge is -2.38. The van der Waals surface area contributed by atoms with Crippen LogP contribution in [0.5, 0.6) is 0 Å². The lowest BCUT2D eigenvalue weighted by molar-refractivity contribution is -0.262. The maximum absolute atomic E-state index is 11.5. The molecule has 0 aromatic heterocycles. The van der Waals surface area contributed by atoms with Crippen molar-refractivity contribution in [3.05, 3.63) is 0 Å². The van der Waals surface area contributed by atoms with E-state index in [4.69, 9.17) is 14.2 Å². The van der Waals surface area contributed by atoms with Gasteiger partial charge in [0.1, 0.15) is 18.8 Å². The van der Waals surface area contributed by atoms with Crippen LogP contribution in [0.4, 0.5) is 0 Å². The van der Waals surface area contributed by atoms with Crippen LogP contribution in [0.1, 0.15) is 136 Å². The Hall–Kier alpha value is -0.450. The van der Waals surface area contributed by atoms with Crippen LogP contribution in [0, 0.1) is 0 Å². The average Bonchev–Trinajstić information content (AvgIpc) is 2.77. The Kier molecular flexibility index (Phi) is 17.6. The van der Waals surface area contributed by atoms with E-state index in [0.717, 1.165) is 25.9 Å². The number of ether oxygens (including phenoxy) is 3. The molecule has 0 N–H and O–H groups in total. The standard InChI is InChI=1S/C27H52O4/c1-4-6-8-10-12-14-15-17-19-21-27(3,26-29-23-25(28)24-30-26)31-22-20-18-16-13-11-9-7-5-2/h26H,4-24H2,1-3H3. The van der Waals surface area contributed by atoms with Crippen molar-refractivity contribution >= 4 is 5.78 Å². The lowest BCUT2D eigenvalue weighted by Crippen LogP contribution is -2.49. The molecule has 1 aliphatic heterocycles. The second-order valence-corrected chi connectivity index (χ2v) is 9.71. The molecule has 1 rings (SSSR count). The molecule has 0 radical (unpaired) electrons. The van der Waals surface area contributed by atoms with Crippen molar-refractivity contribution in [3.8, 4) is 0 Å². The number of hydrogen-bond donors (Lipinski definition) is 0. The van der Waals surface area contributed by atoms with Gasteiger partial charge in [-0.1, -0.05) is 117 Å². The molecule has 31 heavy (non-hydrogen) atoms. The van der Waals surface area contributed by atoms with Gasteiger partial charge in [-0.3, -0.25) is 4.79 Å². The molecule has 0 saturated carbocycles. The maximum Gasteiger partial charge on any atom is 0.187 e. The molecule has 0 spiro atoms. The smallest absolute Gasteiger partial charge is 0.187 e. The van der Waals surface area contributed by atoms with Gasteiger partial charge in [0, 0.05) is 6.61 Å². The molecule has 1 aliphatic rings. The average molecular weight is 441 g/mol. The first-order chi connectivity index (χ1) is 15.1. The van der Waals surface area contributed by atoms with E-state index in [-0.39, 0.29) is 19.0 Å². The summed E-state index contributed by atoms with van der Waals surface area (Å²) in [5, 5.41) is 0. The summed E-state index contributed by atoms with van der Waals surface area (Å²) in [6, 6.07) is 0. The molecular formula is C27H52O4. The Morgan fingerprint density at radius 2 is 1.13 bits per heavy atom. The SMILES string of the molecule is CCCCCCCCCCCC(C)(OCCCCCCCCCC)C1OCC(=O)CO1. The van der Waals surface area contributed by atoms with Crippen molar-refractivity contribution in [1.82, 2.24) is 0 Å². The quantitative estimate of drug-likeness (QED) is 0.171. The van der Waals surface area contributed by atoms with Crippen molar-refractivity contribution in [2.75, 3.05) is 19.8 Å². The van der Waals surface area contributed by atoms with Gasteiger partial charge in [0.05, 0.1) is 0 Å². The molecule has 4 heteroatoms. The highest BCUT2D eigenvalue weighted by Crippen LogP contribution is 2.29. The molecule has 1 fully saturated rings. The zero-order chi connectivity index (χ0) is 22.6. The van der Waals surface area contributed by atoms with Crippen LogP contribution in [-0.4, -0.2) is 37.5 Å². The van der Waals surface area contributed by atoms with Crippen LogP contribution < -0.4 is 0 Å². The van der Waals surface area contributed by atoms with E-state index in [9.17, 15) is 4.79 Å². The molecule has 184 valence electrons. The first kappa shape index (κ1) is 28.6. The van der Waals surface area contributed by atoms with Gasteiger partial charge >= 0.3 is 0 Å². The van der Waals surface area contributed by atoms with E-state index in [0.29, 0.717) is 0 Å². The molecule has 0 amide bonds. The number of rotatable bonds is 21. The molecule has 0 bridgehead atoms. The van der Waals surface area contributed by atoms with Gasteiger partial charge in [-0.25, -0.2) is 0 Å². The molecule has 1 unspecified atom stereocenters. The van der Waals surface area contributed by atoms with Gasteiger partial charge in [-0.15, -0.1) is 0 Å². The molecule has 0 aromatic rings. The Bertz CT molecular complexity index is 391. The summed E-state index contributed by atoms with van der Waals surface area (Å²) in [5.41, 5.74) is -0.455. The van der Waals surface area contributed by atoms with Crippen molar-refractivity contribution < 1.29 is 19.0 Å². The minimum Gasteiger partial charge on any atom is -0.370 e. The Morgan fingerprint density at radius 1 is 0.710 bits per heavy atom. The lowest BCUT2D eigenvalue weighted by atomic mass is 9.95. The van der Waals surface area contributed by atoms with E-state index in [1.165, 1.54) is 96.3 Å².